The van der Waals surface area contributed by atoms with E-state index in [-0.39, 0.29) is 11.8 Å². The van der Waals surface area contributed by atoms with Gasteiger partial charge in [0.25, 0.3) is 0 Å². The van der Waals surface area contributed by atoms with Crippen LogP contribution in [0.5, 0.6) is 0 Å². The number of hydrogen-bond acceptors (Lipinski definition) is 4. The first-order valence-electron chi connectivity index (χ1n) is 7.61. The molecule has 1 fully saturated rings. The summed E-state index contributed by atoms with van der Waals surface area (Å²) in [7, 11) is -3.16. The Labute approximate surface area is 134 Å². The van der Waals surface area contributed by atoms with E-state index >= 15 is 0 Å². The van der Waals surface area contributed by atoms with E-state index in [2.05, 4.69) is 21.9 Å². The van der Waals surface area contributed by atoms with Gasteiger partial charge in [0, 0.05) is 42.2 Å². The second-order valence-corrected chi connectivity index (χ2v) is 8.30. The zero-order valence-corrected chi connectivity index (χ0v) is 13.8. The molecule has 0 aromatic carbocycles. The Morgan fingerprint density at radius 2 is 2.09 bits per heavy atom. The van der Waals surface area contributed by atoms with Gasteiger partial charge in [-0.05, 0) is 23.6 Å². The zero-order valence-electron chi connectivity index (χ0n) is 13.0. The molecule has 0 radical (unpaired) electrons. The Balaban J connectivity index is 1.91. The van der Waals surface area contributed by atoms with Gasteiger partial charge in [-0.2, -0.15) is 0 Å². The number of hydrogen-bond donors (Lipinski definition) is 1. The molecule has 23 heavy (non-hydrogen) atoms. The summed E-state index contributed by atoms with van der Waals surface area (Å²) in [6, 6.07) is 4.02. The lowest BCUT2D eigenvalue weighted by molar-refractivity contribution is 0.469. The molecule has 0 bridgehead atoms. The molecule has 120 valence electrons. The maximum atomic E-state index is 11.9. The summed E-state index contributed by atoms with van der Waals surface area (Å²) < 4.78 is 25.4. The van der Waals surface area contributed by atoms with E-state index in [1.54, 1.807) is 16.7 Å². The lowest BCUT2D eigenvalue weighted by Gasteiger charge is -2.17. The number of nitrogens with zero attached hydrogens (tertiary/aromatic N) is 3. The molecule has 1 aliphatic rings. The number of aromatic amines is 1. The lowest BCUT2D eigenvalue weighted by Crippen LogP contribution is -2.27. The number of H-pyrrole nitrogens is 1. The largest absolute Gasteiger partial charge is 0.346 e. The number of rotatable bonds is 2. The molecule has 0 saturated carbocycles. The van der Waals surface area contributed by atoms with E-state index in [4.69, 9.17) is 0 Å². The van der Waals surface area contributed by atoms with Gasteiger partial charge in [0.05, 0.1) is 18.0 Å². The van der Waals surface area contributed by atoms with E-state index in [1.807, 2.05) is 18.3 Å². The second kappa shape index (κ2) is 5.01. The number of fused-ring (bicyclic) bond motifs is 3. The molecule has 0 amide bonds. The standard InChI is InChI=1S/C16H18N4O2S/c1-10-8-20(23(2,21)22)9-13(10)11-3-5-17-14-7-19-16-12(15(11)14)4-6-18-16/h3-7,10,13H,8-9H2,1-2H3,(H,18,19). The Bertz CT molecular complexity index is 996. The normalized spacial score (nSPS) is 23.0. The van der Waals surface area contributed by atoms with Gasteiger partial charge in [0.1, 0.15) is 5.65 Å². The molecule has 2 atom stereocenters. The third-order valence-corrected chi connectivity index (χ3v) is 6.01. The van der Waals surface area contributed by atoms with Crippen molar-refractivity contribution in [3.8, 4) is 0 Å². The fourth-order valence-electron chi connectivity index (χ4n) is 3.59. The first kappa shape index (κ1) is 14.6. The molecule has 1 saturated heterocycles. The van der Waals surface area contributed by atoms with Crippen LogP contribution < -0.4 is 0 Å². The third-order valence-electron chi connectivity index (χ3n) is 4.77. The monoisotopic (exact) mass is 330 g/mol. The average Bonchev–Trinajstić information content (AvgIpc) is 3.12. The molecule has 3 aromatic heterocycles. The maximum absolute atomic E-state index is 11.9. The maximum Gasteiger partial charge on any atom is 0.211 e. The number of aromatic nitrogens is 3. The van der Waals surface area contributed by atoms with E-state index in [0.717, 1.165) is 27.5 Å². The average molecular weight is 330 g/mol. The Kier molecular flexibility index (Phi) is 3.18. The Hall–Kier alpha value is -1.99. The molecule has 1 N–H and O–H groups in total. The highest BCUT2D eigenvalue weighted by molar-refractivity contribution is 7.88. The first-order chi connectivity index (χ1) is 10.9. The van der Waals surface area contributed by atoms with Crippen molar-refractivity contribution in [2.75, 3.05) is 19.3 Å². The van der Waals surface area contributed by atoms with Gasteiger partial charge >= 0.3 is 0 Å². The molecule has 6 nitrogen and oxygen atoms in total. The number of nitrogens with one attached hydrogen (secondary N) is 1. The van der Waals surface area contributed by atoms with Crippen molar-refractivity contribution in [2.45, 2.75) is 12.8 Å². The topological polar surface area (TPSA) is 79.0 Å². The van der Waals surface area contributed by atoms with Crippen molar-refractivity contribution in [3.63, 3.8) is 0 Å². The van der Waals surface area contributed by atoms with Crippen molar-refractivity contribution in [1.29, 1.82) is 0 Å². The summed E-state index contributed by atoms with van der Waals surface area (Å²) in [6.07, 6.45) is 6.70. The summed E-state index contributed by atoms with van der Waals surface area (Å²) >= 11 is 0. The van der Waals surface area contributed by atoms with Crippen LogP contribution in [-0.4, -0.2) is 47.0 Å². The van der Waals surface area contributed by atoms with Gasteiger partial charge in [-0.15, -0.1) is 0 Å². The van der Waals surface area contributed by atoms with Crippen LogP contribution in [0.2, 0.25) is 0 Å². The van der Waals surface area contributed by atoms with E-state index in [9.17, 15) is 8.42 Å². The number of pyridine rings is 2. The highest BCUT2D eigenvalue weighted by Crippen LogP contribution is 2.38. The molecular weight excluding hydrogens is 312 g/mol. The summed E-state index contributed by atoms with van der Waals surface area (Å²) in [5.41, 5.74) is 2.83. The van der Waals surface area contributed by atoms with Crippen molar-refractivity contribution in [1.82, 2.24) is 19.3 Å². The van der Waals surface area contributed by atoms with E-state index < -0.39 is 10.0 Å². The van der Waals surface area contributed by atoms with Crippen LogP contribution in [0.3, 0.4) is 0 Å². The fourth-order valence-corrected chi connectivity index (χ4v) is 4.52. The van der Waals surface area contributed by atoms with Gasteiger partial charge in [0.15, 0.2) is 0 Å². The summed E-state index contributed by atoms with van der Waals surface area (Å²) in [5, 5.41) is 2.11. The molecule has 2 unspecified atom stereocenters. The summed E-state index contributed by atoms with van der Waals surface area (Å²) in [6.45, 7) is 3.19. The zero-order chi connectivity index (χ0) is 16.2. The fraction of sp³-hybridized carbons (Fsp3) is 0.375. The Morgan fingerprint density at radius 1 is 1.26 bits per heavy atom. The van der Waals surface area contributed by atoms with Gasteiger partial charge in [-0.1, -0.05) is 6.92 Å². The minimum atomic E-state index is -3.16. The summed E-state index contributed by atoms with van der Waals surface area (Å²) in [4.78, 5) is 11.9. The molecule has 0 aliphatic carbocycles. The molecular formula is C16H18N4O2S. The van der Waals surface area contributed by atoms with Crippen LogP contribution in [0, 0.1) is 5.92 Å². The molecule has 3 aromatic rings. The predicted molar refractivity (Wildman–Crippen MR) is 89.7 cm³/mol. The Morgan fingerprint density at radius 3 is 2.83 bits per heavy atom. The quantitative estimate of drug-likeness (QED) is 0.780. The molecule has 4 heterocycles. The highest BCUT2D eigenvalue weighted by atomic mass is 32.2. The number of sulfonamides is 1. The smallest absolute Gasteiger partial charge is 0.211 e. The second-order valence-electron chi connectivity index (χ2n) is 6.32. The van der Waals surface area contributed by atoms with Crippen LogP contribution in [0.1, 0.15) is 18.4 Å². The van der Waals surface area contributed by atoms with Crippen molar-refractivity contribution < 1.29 is 8.42 Å². The summed E-state index contributed by atoms with van der Waals surface area (Å²) in [5.74, 6) is 0.424. The highest BCUT2D eigenvalue weighted by Gasteiger charge is 2.36. The van der Waals surface area contributed by atoms with Gasteiger partial charge < -0.3 is 4.98 Å². The van der Waals surface area contributed by atoms with Crippen LogP contribution >= 0.6 is 0 Å². The molecule has 4 rings (SSSR count). The predicted octanol–water partition coefficient (Wildman–Crippen LogP) is 2.11. The van der Waals surface area contributed by atoms with Gasteiger partial charge in [-0.3, -0.25) is 4.98 Å². The minimum absolute atomic E-state index is 0.163. The lowest BCUT2D eigenvalue weighted by atomic mass is 9.88. The van der Waals surface area contributed by atoms with Crippen molar-refractivity contribution in [2.24, 2.45) is 5.92 Å². The molecule has 7 heteroatoms. The van der Waals surface area contributed by atoms with Crippen molar-refractivity contribution >= 4 is 32.0 Å². The molecule has 1 aliphatic heterocycles. The SMILES string of the molecule is CC1CN(S(C)(=O)=O)CC1c1ccnc2cnc3[nH]ccc3c12. The van der Waals surface area contributed by atoms with Crippen LogP contribution in [0.25, 0.3) is 21.9 Å². The molecule has 0 spiro atoms. The minimum Gasteiger partial charge on any atom is -0.346 e. The van der Waals surface area contributed by atoms with Crippen molar-refractivity contribution in [3.05, 3.63) is 36.3 Å². The van der Waals surface area contributed by atoms with E-state index in [0.29, 0.717) is 13.1 Å². The first-order valence-corrected chi connectivity index (χ1v) is 9.46. The van der Waals surface area contributed by atoms with Gasteiger partial charge in [-0.25, -0.2) is 17.7 Å². The van der Waals surface area contributed by atoms with Crippen LogP contribution in [-0.2, 0) is 10.0 Å². The van der Waals surface area contributed by atoms with E-state index in [1.165, 1.54) is 6.26 Å². The van der Waals surface area contributed by atoms with Crippen LogP contribution in [0.15, 0.2) is 30.7 Å². The third kappa shape index (κ3) is 2.31. The van der Waals surface area contributed by atoms with Gasteiger partial charge in [0.2, 0.25) is 10.0 Å². The van der Waals surface area contributed by atoms with Crippen LogP contribution in [0.4, 0.5) is 0 Å².